The zero-order valence-corrected chi connectivity index (χ0v) is 18.6. The summed E-state index contributed by atoms with van der Waals surface area (Å²) in [5.74, 6) is 0.140. The van der Waals surface area contributed by atoms with Gasteiger partial charge in [-0.3, -0.25) is 0 Å². The van der Waals surface area contributed by atoms with E-state index < -0.39 is 18.0 Å². The molecule has 2 aromatic heterocycles. The zero-order valence-electron chi connectivity index (χ0n) is 17.8. The molecule has 10 nitrogen and oxygen atoms in total. The average molecular weight is 455 g/mol. The topological polar surface area (TPSA) is 124 Å². The SMILES string of the molecule is CCOC(=O)C1=C(CSc2nnnn2-c2ccc(C)cc2C)NC(=O)N[C@@H]1c1ccco1. The van der Waals surface area contributed by atoms with Crippen LogP contribution in [0.1, 0.15) is 29.9 Å². The van der Waals surface area contributed by atoms with Crippen LogP contribution in [0.15, 0.2) is 57.4 Å². The lowest BCUT2D eigenvalue weighted by molar-refractivity contribution is -0.139. The predicted octanol–water partition coefficient (Wildman–Crippen LogP) is 2.84. The molecular formula is C21H22N6O4S. The van der Waals surface area contributed by atoms with Crippen LogP contribution in [-0.4, -0.2) is 44.6 Å². The van der Waals surface area contributed by atoms with Crippen molar-refractivity contribution < 1.29 is 18.7 Å². The molecule has 1 aliphatic rings. The summed E-state index contributed by atoms with van der Waals surface area (Å²) in [4.78, 5) is 25.1. The molecule has 2 N–H and O–H groups in total. The van der Waals surface area contributed by atoms with E-state index in [-0.39, 0.29) is 17.9 Å². The van der Waals surface area contributed by atoms with E-state index in [4.69, 9.17) is 9.15 Å². The van der Waals surface area contributed by atoms with Crippen molar-refractivity contribution in [2.24, 2.45) is 0 Å². The van der Waals surface area contributed by atoms with Crippen LogP contribution in [-0.2, 0) is 9.53 Å². The molecule has 0 saturated carbocycles. The molecule has 0 radical (unpaired) electrons. The third-order valence-electron chi connectivity index (χ3n) is 4.84. The van der Waals surface area contributed by atoms with Crippen molar-refractivity contribution in [2.45, 2.75) is 32.0 Å². The molecule has 0 spiro atoms. The number of furan rings is 1. The standard InChI is InChI=1S/C21H22N6O4S/c1-4-30-19(28)17-14(22-20(29)23-18(17)16-6-5-9-31-16)11-32-21-24-25-26-27(21)15-8-7-12(2)10-13(15)3/h5-10,18H,4,11H2,1-3H3,(H2,22,23,29)/t18-/m1/s1. The molecule has 0 saturated heterocycles. The van der Waals surface area contributed by atoms with Gasteiger partial charge in [0.05, 0.1) is 24.1 Å². The van der Waals surface area contributed by atoms with Crippen LogP contribution in [0.2, 0.25) is 0 Å². The summed E-state index contributed by atoms with van der Waals surface area (Å²) < 4.78 is 12.3. The molecule has 0 bridgehead atoms. The smallest absolute Gasteiger partial charge is 0.338 e. The number of aryl methyl sites for hydroxylation is 2. The number of hydrogen-bond acceptors (Lipinski definition) is 8. The highest BCUT2D eigenvalue weighted by Crippen LogP contribution is 2.31. The molecule has 4 rings (SSSR count). The Labute approximate surface area is 188 Å². The second-order valence-electron chi connectivity index (χ2n) is 7.11. The average Bonchev–Trinajstić information content (AvgIpc) is 3.44. The van der Waals surface area contributed by atoms with Crippen molar-refractivity contribution in [3.8, 4) is 5.69 Å². The maximum Gasteiger partial charge on any atom is 0.338 e. The fourth-order valence-electron chi connectivity index (χ4n) is 3.45. The number of carbonyl (C=O) groups is 2. The first-order chi connectivity index (χ1) is 15.5. The van der Waals surface area contributed by atoms with Gasteiger partial charge < -0.3 is 19.8 Å². The largest absolute Gasteiger partial charge is 0.467 e. The van der Waals surface area contributed by atoms with Gasteiger partial charge in [0.15, 0.2) is 0 Å². The Morgan fingerprint density at radius 3 is 2.88 bits per heavy atom. The number of urea groups is 1. The Hall–Kier alpha value is -3.60. The molecule has 32 heavy (non-hydrogen) atoms. The number of carbonyl (C=O) groups excluding carboxylic acids is 2. The minimum Gasteiger partial charge on any atom is -0.467 e. The second-order valence-corrected chi connectivity index (χ2v) is 8.05. The van der Waals surface area contributed by atoms with Gasteiger partial charge >= 0.3 is 12.0 Å². The van der Waals surface area contributed by atoms with E-state index in [0.29, 0.717) is 16.6 Å². The van der Waals surface area contributed by atoms with Crippen LogP contribution in [0, 0.1) is 13.8 Å². The van der Waals surface area contributed by atoms with E-state index in [2.05, 4.69) is 26.2 Å². The van der Waals surface area contributed by atoms with Crippen LogP contribution in [0.25, 0.3) is 5.69 Å². The number of ether oxygens (including phenoxy) is 1. The van der Waals surface area contributed by atoms with Crippen molar-refractivity contribution in [3.05, 3.63) is 64.8 Å². The van der Waals surface area contributed by atoms with Crippen LogP contribution in [0.4, 0.5) is 4.79 Å². The minimum absolute atomic E-state index is 0.201. The quantitative estimate of drug-likeness (QED) is 0.413. The number of nitrogens with zero attached hydrogens (tertiary/aromatic N) is 4. The first-order valence-electron chi connectivity index (χ1n) is 9.97. The van der Waals surface area contributed by atoms with E-state index in [1.165, 1.54) is 18.0 Å². The molecule has 11 heteroatoms. The van der Waals surface area contributed by atoms with E-state index in [1.54, 1.807) is 23.7 Å². The van der Waals surface area contributed by atoms with Gasteiger partial charge in [-0.15, -0.1) is 5.10 Å². The van der Waals surface area contributed by atoms with E-state index in [0.717, 1.165) is 16.8 Å². The van der Waals surface area contributed by atoms with Gasteiger partial charge in [-0.25, -0.2) is 9.59 Å². The highest BCUT2D eigenvalue weighted by molar-refractivity contribution is 7.99. The Bertz CT molecular complexity index is 1170. The van der Waals surface area contributed by atoms with Gasteiger partial charge in [-0.1, -0.05) is 29.5 Å². The van der Waals surface area contributed by atoms with Crippen LogP contribution < -0.4 is 10.6 Å². The molecule has 0 fully saturated rings. The number of amides is 2. The van der Waals surface area contributed by atoms with Gasteiger partial charge in [-0.05, 0) is 55.0 Å². The summed E-state index contributed by atoms with van der Waals surface area (Å²) >= 11 is 1.30. The molecule has 1 atom stereocenters. The number of aromatic nitrogens is 4. The first-order valence-corrected chi connectivity index (χ1v) is 11.0. The third-order valence-corrected chi connectivity index (χ3v) is 5.79. The number of nitrogens with one attached hydrogen (secondary N) is 2. The fraction of sp³-hybridized carbons (Fsp3) is 0.286. The molecule has 3 heterocycles. The maximum absolute atomic E-state index is 12.8. The van der Waals surface area contributed by atoms with Gasteiger partial charge in [0, 0.05) is 11.4 Å². The lowest BCUT2D eigenvalue weighted by Crippen LogP contribution is -2.46. The lowest BCUT2D eigenvalue weighted by atomic mass is 10.0. The molecule has 2 amide bonds. The molecule has 1 aliphatic heterocycles. The Morgan fingerprint density at radius 1 is 1.31 bits per heavy atom. The molecule has 0 aliphatic carbocycles. The summed E-state index contributed by atoms with van der Waals surface area (Å²) in [7, 11) is 0. The molecular weight excluding hydrogens is 432 g/mol. The van der Waals surface area contributed by atoms with E-state index in [9.17, 15) is 9.59 Å². The summed E-state index contributed by atoms with van der Waals surface area (Å²) in [5, 5.41) is 18.0. The summed E-state index contributed by atoms with van der Waals surface area (Å²) in [6, 6.07) is 8.18. The van der Waals surface area contributed by atoms with Crippen LogP contribution >= 0.6 is 11.8 Å². The first kappa shape index (κ1) is 21.6. The van der Waals surface area contributed by atoms with Crippen molar-refractivity contribution in [2.75, 3.05) is 12.4 Å². The maximum atomic E-state index is 12.8. The number of tetrazole rings is 1. The Kier molecular flexibility index (Phi) is 6.26. The second kappa shape index (κ2) is 9.27. The number of hydrogen-bond donors (Lipinski definition) is 2. The van der Waals surface area contributed by atoms with Crippen LogP contribution in [0.5, 0.6) is 0 Å². The van der Waals surface area contributed by atoms with Crippen molar-refractivity contribution in [1.82, 2.24) is 30.8 Å². The van der Waals surface area contributed by atoms with Crippen molar-refractivity contribution in [1.29, 1.82) is 0 Å². The highest BCUT2D eigenvalue weighted by atomic mass is 32.2. The molecule has 166 valence electrons. The lowest BCUT2D eigenvalue weighted by Gasteiger charge is -2.27. The summed E-state index contributed by atoms with van der Waals surface area (Å²) in [6.07, 6.45) is 1.48. The Morgan fingerprint density at radius 2 is 2.16 bits per heavy atom. The molecule has 1 aromatic carbocycles. The normalized spacial score (nSPS) is 16.0. The van der Waals surface area contributed by atoms with E-state index >= 15 is 0 Å². The Balaban J connectivity index is 1.66. The van der Waals surface area contributed by atoms with Crippen molar-refractivity contribution >= 4 is 23.8 Å². The van der Waals surface area contributed by atoms with Gasteiger partial charge in [0.25, 0.3) is 0 Å². The number of esters is 1. The predicted molar refractivity (Wildman–Crippen MR) is 116 cm³/mol. The number of rotatable bonds is 7. The third kappa shape index (κ3) is 4.37. The van der Waals surface area contributed by atoms with Gasteiger partial charge in [0.1, 0.15) is 11.8 Å². The van der Waals surface area contributed by atoms with Crippen molar-refractivity contribution in [3.63, 3.8) is 0 Å². The molecule has 3 aromatic rings. The minimum atomic E-state index is -0.760. The fourth-order valence-corrected chi connectivity index (χ4v) is 4.30. The van der Waals surface area contributed by atoms with Gasteiger partial charge in [-0.2, -0.15) is 4.68 Å². The summed E-state index contributed by atoms with van der Waals surface area (Å²) in [5.41, 5.74) is 3.71. The highest BCUT2D eigenvalue weighted by Gasteiger charge is 2.35. The number of thioether (sulfide) groups is 1. The number of benzene rings is 1. The van der Waals surface area contributed by atoms with Crippen LogP contribution in [0.3, 0.4) is 0 Å². The summed E-state index contributed by atoms with van der Waals surface area (Å²) in [6.45, 7) is 5.93. The van der Waals surface area contributed by atoms with E-state index in [1.807, 2.05) is 32.0 Å². The molecule has 0 unspecified atom stereocenters. The zero-order chi connectivity index (χ0) is 22.7. The van der Waals surface area contributed by atoms with Gasteiger partial charge in [0.2, 0.25) is 5.16 Å². The monoisotopic (exact) mass is 454 g/mol.